The molecule has 0 aliphatic heterocycles. The third-order valence-corrected chi connectivity index (χ3v) is 3.89. The van der Waals surface area contributed by atoms with Gasteiger partial charge in [-0.3, -0.25) is 0 Å². The number of phenolic OH excluding ortho intramolecular Hbond substituents is 2. The van der Waals surface area contributed by atoms with E-state index >= 15 is 0 Å². The van der Waals surface area contributed by atoms with Crippen molar-refractivity contribution in [1.29, 1.82) is 0 Å². The van der Waals surface area contributed by atoms with Crippen LogP contribution in [0.25, 0.3) is 0 Å². The highest BCUT2D eigenvalue weighted by Crippen LogP contribution is 2.17. The molecule has 0 aliphatic rings. The molecule has 0 aliphatic carbocycles. The van der Waals surface area contributed by atoms with E-state index in [0.717, 1.165) is 50.0 Å². The summed E-state index contributed by atoms with van der Waals surface area (Å²) in [6.07, 6.45) is 2.71. The van der Waals surface area contributed by atoms with Gasteiger partial charge in [-0.1, -0.05) is 25.1 Å². The van der Waals surface area contributed by atoms with Gasteiger partial charge in [0.1, 0.15) is 5.75 Å². The molecule has 0 unspecified atom stereocenters. The van der Waals surface area contributed by atoms with Gasteiger partial charge in [0.05, 0.1) is 0 Å². The van der Waals surface area contributed by atoms with E-state index in [1.165, 1.54) is 12.1 Å². The third kappa shape index (κ3) is 5.57. The molecule has 0 fully saturated rings. The Kier molecular flexibility index (Phi) is 6.41. The number of rotatable bonds is 8. The summed E-state index contributed by atoms with van der Waals surface area (Å²) < 4.78 is 13.1. The number of nitrogens with zero attached hydrogens (tertiary/aromatic N) is 1. The van der Waals surface area contributed by atoms with Gasteiger partial charge >= 0.3 is 0 Å². The lowest BCUT2D eigenvalue weighted by molar-refractivity contribution is 0.280. The van der Waals surface area contributed by atoms with Crippen molar-refractivity contribution in [2.24, 2.45) is 0 Å². The molecule has 2 rings (SSSR count). The van der Waals surface area contributed by atoms with E-state index in [1.807, 2.05) is 12.1 Å². The Hall–Kier alpha value is -2.07. The zero-order chi connectivity index (χ0) is 16.7. The van der Waals surface area contributed by atoms with Crippen LogP contribution in [0.1, 0.15) is 24.5 Å². The van der Waals surface area contributed by atoms with Crippen LogP contribution in [-0.2, 0) is 12.8 Å². The normalized spacial score (nSPS) is 11.1. The van der Waals surface area contributed by atoms with Crippen molar-refractivity contribution in [3.05, 3.63) is 59.4 Å². The predicted molar refractivity (Wildman–Crippen MR) is 90.3 cm³/mol. The molecule has 23 heavy (non-hydrogen) atoms. The summed E-state index contributed by atoms with van der Waals surface area (Å²) in [4.78, 5) is 2.35. The first-order valence-electron chi connectivity index (χ1n) is 8.06. The fourth-order valence-electron chi connectivity index (χ4n) is 2.65. The molecule has 0 saturated heterocycles. The van der Waals surface area contributed by atoms with Crippen molar-refractivity contribution in [2.75, 3.05) is 19.6 Å². The topological polar surface area (TPSA) is 43.7 Å². The second kappa shape index (κ2) is 8.53. The van der Waals surface area contributed by atoms with Crippen LogP contribution < -0.4 is 0 Å². The second-order valence-corrected chi connectivity index (χ2v) is 5.80. The molecule has 124 valence electrons. The minimum atomic E-state index is -0.581. The van der Waals surface area contributed by atoms with Gasteiger partial charge in [-0.2, -0.15) is 0 Å². The number of halogens is 1. The first-order chi connectivity index (χ1) is 11.1. The molecule has 0 radical (unpaired) electrons. The summed E-state index contributed by atoms with van der Waals surface area (Å²) in [5.74, 6) is -0.571. The van der Waals surface area contributed by atoms with Crippen molar-refractivity contribution < 1.29 is 14.6 Å². The summed E-state index contributed by atoms with van der Waals surface area (Å²) in [7, 11) is 0. The van der Waals surface area contributed by atoms with E-state index in [4.69, 9.17) is 0 Å². The van der Waals surface area contributed by atoms with Gasteiger partial charge in [0.15, 0.2) is 11.6 Å². The Labute approximate surface area is 137 Å². The maximum absolute atomic E-state index is 13.1. The van der Waals surface area contributed by atoms with E-state index in [1.54, 1.807) is 18.2 Å². The predicted octanol–water partition coefficient (Wildman–Crippen LogP) is 3.73. The smallest absolute Gasteiger partial charge is 0.164 e. The standard InChI is InChI=1S/C19H24FNO2/c1-2-10-21(11-8-15-4-3-5-17(22)13-15)12-9-16-6-7-18(20)19(23)14-16/h3-7,13-14,22-23H,2,8-12H2,1H3. The molecule has 2 N–H and O–H groups in total. The van der Waals surface area contributed by atoms with Gasteiger partial charge < -0.3 is 15.1 Å². The third-order valence-electron chi connectivity index (χ3n) is 3.89. The summed E-state index contributed by atoms with van der Waals surface area (Å²) >= 11 is 0. The molecule has 2 aromatic rings. The van der Waals surface area contributed by atoms with Crippen molar-refractivity contribution in [3.63, 3.8) is 0 Å². The van der Waals surface area contributed by atoms with Gasteiger partial charge in [-0.05, 0) is 61.2 Å². The molecule has 3 nitrogen and oxygen atoms in total. The zero-order valence-electron chi connectivity index (χ0n) is 13.5. The average molecular weight is 317 g/mol. The molecule has 0 spiro atoms. The zero-order valence-corrected chi connectivity index (χ0v) is 13.5. The summed E-state index contributed by atoms with van der Waals surface area (Å²) in [5.41, 5.74) is 2.05. The van der Waals surface area contributed by atoms with Crippen LogP contribution in [0.5, 0.6) is 11.5 Å². The summed E-state index contributed by atoms with van der Waals surface area (Å²) in [6, 6.07) is 11.9. The molecule has 0 saturated carbocycles. The lowest BCUT2D eigenvalue weighted by Crippen LogP contribution is -2.29. The van der Waals surface area contributed by atoms with Crippen LogP contribution in [0.2, 0.25) is 0 Å². The molecule has 0 amide bonds. The average Bonchev–Trinajstić information content (AvgIpc) is 2.53. The molecule has 4 heteroatoms. The number of hydrogen-bond acceptors (Lipinski definition) is 3. The van der Waals surface area contributed by atoms with E-state index in [9.17, 15) is 14.6 Å². The van der Waals surface area contributed by atoms with Crippen LogP contribution in [-0.4, -0.2) is 34.7 Å². The Morgan fingerprint density at radius 2 is 1.61 bits per heavy atom. The molecule has 2 aromatic carbocycles. The minimum Gasteiger partial charge on any atom is -0.508 e. The van der Waals surface area contributed by atoms with E-state index in [-0.39, 0.29) is 5.75 Å². The number of aromatic hydroxyl groups is 2. The van der Waals surface area contributed by atoms with Gasteiger partial charge in [0, 0.05) is 13.1 Å². The van der Waals surface area contributed by atoms with E-state index < -0.39 is 5.82 Å². The SMILES string of the molecule is CCCN(CCc1cccc(O)c1)CCc1ccc(F)c(O)c1. The second-order valence-electron chi connectivity index (χ2n) is 5.80. The molecular weight excluding hydrogens is 293 g/mol. The first-order valence-corrected chi connectivity index (χ1v) is 8.06. The van der Waals surface area contributed by atoms with Crippen molar-refractivity contribution >= 4 is 0 Å². The van der Waals surface area contributed by atoms with Gasteiger partial charge in [0.2, 0.25) is 0 Å². The monoisotopic (exact) mass is 317 g/mol. The van der Waals surface area contributed by atoms with Crippen LogP contribution in [0, 0.1) is 5.82 Å². The minimum absolute atomic E-state index is 0.288. The number of phenols is 2. The number of benzene rings is 2. The summed E-state index contributed by atoms with van der Waals surface area (Å²) in [5, 5.41) is 18.9. The molecular formula is C19H24FNO2. The van der Waals surface area contributed by atoms with Gasteiger partial charge in [-0.15, -0.1) is 0 Å². The maximum atomic E-state index is 13.1. The van der Waals surface area contributed by atoms with Crippen LogP contribution in [0.15, 0.2) is 42.5 Å². The van der Waals surface area contributed by atoms with E-state index in [0.29, 0.717) is 5.75 Å². The van der Waals surface area contributed by atoms with Crippen LogP contribution >= 0.6 is 0 Å². The highest BCUT2D eigenvalue weighted by Gasteiger charge is 2.07. The Balaban J connectivity index is 1.89. The summed E-state index contributed by atoms with van der Waals surface area (Å²) in [6.45, 7) is 4.90. The van der Waals surface area contributed by atoms with Gasteiger partial charge in [-0.25, -0.2) is 4.39 Å². The number of hydrogen-bond donors (Lipinski definition) is 2. The fraction of sp³-hybridized carbons (Fsp3) is 0.368. The van der Waals surface area contributed by atoms with Gasteiger partial charge in [0.25, 0.3) is 0 Å². The van der Waals surface area contributed by atoms with Crippen molar-refractivity contribution in [2.45, 2.75) is 26.2 Å². The van der Waals surface area contributed by atoms with Crippen molar-refractivity contribution in [1.82, 2.24) is 4.90 Å². The highest BCUT2D eigenvalue weighted by molar-refractivity contribution is 5.29. The lowest BCUT2D eigenvalue weighted by atomic mass is 10.1. The largest absolute Gasteiger partial charge is 0.508 e. The molecule has 0 bridgehead atoms. The molecule has 0 heterocycles. The van der Waals surface area contributed by atoms with Crippen molar-refractivity contribution in [3.8, 4) is 11.5 Å². The molecule has 0 atom stereocenters. The Morgan fingerprint density at radius 1 is 0.913 bits per heavy atom. The lowest BCUT2D eigenvalue weighted by Gasteiger charge is -2.22. The van der Waals surface area contributed by atoms with Crippen LogP contribution in [0.4, 0.5) is 4.39 Å². The highest BCUT2D eigenvalue weighted by atomic mass is 19.1. The maximum Gasteiger partial charge on any atom is 0.164 e. The first kappa shape index (κ1) is 17.3. The Morgan fingerprint density at radius 3 is 2.22 bits per heavy atom. The molecule has 0 aromatic heterocycles. The Bertz CT molecular complexity index is 631. The quantitative estimate of drug-likeness (QED) is 0.779. The van der Waals surface area contributed by atoms with E-state index in [2.05, 4.69) is 11.8 Å². The fourth-order valence-corrected chi connectivity index (χ4v) is 2.65. The van der Waals surface area contributed by atoms with Crippen LogP contribution in [0.3, 0.4) is 0 Å².